The van der Waals surface area contributed by atoms with Gasteiger partial charge in [-0.25, -0.2) is 13.2 Å². The molecule has 1 aromatic rings. The number of methoxy groups -OCH3 is 1. The van der Waals surface area contributed by atoms with Gasteiger partial charge in [-0.15, -0.1) is 0 Å². The van der Waals surface area contributed by atoms with Crippen LogP contribution in [0.15, 0.2) is 23.1 Å². The normalized spacial score (nSPS) is 18.4. The van der Waals surface area contributed by atoms with Crippen molar-refractivity contribution < 1.29 is 23.1 Å². The van der Waals surface area contributed by atoms with Crippen LogP contribution in [0, 0.1) is 0 Å². The maximum Gasteiger partial charge on any atom is 0.337 e. The van der Waals surface area contributed by atoms with Gasteiger partial charge in [-0.05, 0) is 25.1 Å². The van der Waals surface area contributed by atoms with Crippen molar-refractivity contribution in [2.75, 3.05) is 25.9 Å². The molecule has 2 rings (SSSR count). The number of rotatable bonds is 3. The zero-order chi connectivity index (χ0) is 15.1. The van der Waals surface area contributed by atoms with Crippen LogP contribution in [0.3, 0.4) is 0 Å². The zero-order valence-electron chi connectivity index (χ0n) is 11.2. The quantitative estimate of drug-likeness (QED) is 0.591. The van der Waals surface area contributed by atoms with E-state index in [0.29, 0.717) is 0 Å². The summed E-state index contributed by atoms with van der Waals surface area (Å²) >= 11 is 0. The lowest BCUT2D eigenvalue weighted by Gasteiger charge is -2.42. The molecule has 1 aromatic carbocycles. The van der Waals surface area contributed by atoms with E-state index in [2.05, 4.69) is 4.74 Å². The summed E-state index contributed by atoms with van der Waals surface area (Å²) in [6.07, 6.45) is 0. The number of carbonyl (C=O) groups excluding carboxylic acids is 1. The van der Waals surface area contributed by atoms with Crippen molar-refractivity contribution in [2.24, 2.45) is 0 Å². The average Bonchev–Trinajstić information content (AvgIpc) is 2.34. The van der Waals surface area contributed by atoms with Gasteiger partial charge in [0.15, 0.2) is 0 Å². The van der Waals surface area contributed by atoms with Crippen molar-refractivity contribution in [2.45, 2.75) is 17.4 Å². The molecule has 20 heavy (non-hydrogen) atoms. The highest BCUT2D eigenvalue weighted by Crippen LogP contribution is 2.30. The molecule has 1 aliphatic heterocycles. The average molecular weight is 300 g/mol. The Kier molecular flexibility index (Phi) is 3.49. The first-order valence-electron chi connectivity index (χ1n) is 5.88. The van der Waals surface area contributed by atoms with E-state index in [-0.39, 0.29) is 29.2 Å². The number of nitrogen functional groups attached to an aromatic ring is 1. The molecule has 1 heterocycles. The molecule has 0 aromatic heterocycles. The van der Waals surface area contributed by atoms with Gasteiger partial charge in [0.05, 0.1) is 24.0 Å². The molecule has 1 aliphatic rings. The Morgan fingerprint density at radius 3 is 2.50 bits per heavy atom. The predicted molar refractivity (Wildman–Crippen MR) is 71.6 cm³/mol. The molecule has 1 fully saturated rings. The minimum absolute atomic E-state index is 0.0214. The van der Waals surface area contributed by atoms with Gasteiger partial charge in [0, 0.05) is 13.1 Å². The van der Waals surface area contributed by atoms with Crippen molar-refractivity contribution in [3.8, 4) is 0 Å². The Morgan fingerprint density at radius 2 is 2.05 bits per heavy atom. The number of benzene rings is 1. The van der Waals surface area contributed by atoms with E-state index in [1.807, 2.05) is 0 Å². The number of aliphatic hydroxyl groups is 1. The minimum Gasteiger partial charge on any atom is -0.465 e. The maximum atomic E-state index is 12.3. The van der Waals surface area contributed by atoms with Crippen LogP contribution in [0.1, 0.15) is 17.3 Å². The number of anilines is 1. The van der Waals surface area contributed by atoms with Gasteiger partial charge < -0.3 is 15.6 Å². The number of ether oxygens (including phenoxy) is 1. The van der Waals surface area contributed by atoms with Crippen LogP contribution in [0.25, 0.3) is 0 Å². The molecule has 3 N–H and O–H groups in total. The molecular weight excluding hydrogens is 284 g/mol. The molecule has 0 spiro atoms. The predicted octanol–water partition coefficient (Wildman–Crippen LogP) is -0.189. The van der Waals surface area contributed by atoms with Crippen molar-refractivity contribution in [3.05, 3.63) is 23.8 Å². The summed E-state index contributed by atoms with van der Waals surface area (Å²) in [6.45, 7) is 1.60. The number of β-amino-alcohol motifs (C(OH)–C–C–N with tert-alkyl or cyclic N) is 1. The van der Waals surface area contributed by atoms with Crippen molar-refractivity contribution in [3.63, 3.8) is 0 Å². The number of nitrogens with zero attached hydrogens (tertiary/aromatic N) is 1. The van der Waals surface area contributed by atoms with Gasteiger partial charge in [0.25, 0.3) is 0 Å². The second kappa shape index (κ2) is 4.72. The number of hydrogen-bond acceptors (Lipinski definition) is 6. The second-order valence-corrected chi connectivity index (χ2v) is 6.92. The molecule has 7 nitrogen and oxygen atoms in total. The van der Waals surface area contributed by atoms with Gasteiger partial charge in [0.1, 0.15) is 4.90 Å². The standard InChI is InChI=1S/C12H16N2O5S/c1-12(16)6-14(7-12)20(17,18)10-4-3-8(5-9(10)13)11(15)19-2/h3-5,16H,6-7,13H2,1-2H3. The monoisotopic (exact) mass is 300 g/mol. The third-order valence-corrected chi connectivity index (χ3v) is 4.95. The number of nitrogens with two attached hydrogens (primary N) is 1. The van der Waals surface area contributed by atoms with Crippen LogP contribution in [0.4, 0.5) is 5.69 Å². The summed E-state index contributed by atoms with van der Waals surface area (Å²) in [4.78, 5) is 11.3. The fraction of sp³-hybridized carbons (Fsp3) is 0.417. The molecule has 8 heteroatoms. The zero-order valence-corrected chi connectivity index (χ0v) is 12.0. The fourth-order valence-electron chi connectivity index (χ4n) is 2.05. The Bertz CT molecular complexity index is 646. The smallest absolute Gasteiger partial charge is 0.337 e. The lowest BCUT2D eigenvalue weighted by Crippen LogP contribution is -2.61. The molecule has 0 saturated carbocycles. The Morgan fingerprint density at radius 1 is 1.45 bits per heavy atom. The molecule has 0 unspecified atom stereocenters. The molecule has 0 amide bonds. The maximum absolute atomic E-state index is 12.3. The largest absolute Gasteiger partial charge is 0.465 e. The Hall–Kier alpha value is -1.64. The fourth-order valence-corrected chi connectivity index (χ4v) is 3.82. The Labute approximate surface area is 117 Å². The first kappa shape index (κ1) is 14.8. The van der Waals surface area contributed by atoms with Gasteiger partial charge in [0.2, 0.25) is 10.0 Å². The first-order chi connectivity index (χ1) is 9.17. The minimum atomic E-state index is -3.76. The second-order valence-electron chi connectivity index (χ2n) is 5.01. The summed E-state index contributed by atoms with van der Waals surface area (Å²) in [5.41, 5.74) is 4.85. The molecule has 0 bridgehead atoms. The highest BCUT2D eigenvalue weighted by atomic mass is 32.2. The van der Waals surface area contributed by atoms with Gasteiger partial charge in [-0.1, -0.05) is 0 Å². The van der Waals surface area contributed by atoms with Crippen LogP contribution in [0.2, 0.25) is 0 Å². The van der Waals surface area contributed by atoms with Crippen LogP contribution in [-0.2, 0) is 14.8 Å². The lowest BCUT2D eigenvalue weighted by atomic mass is 10.0. The molecule has 0 aliphatic carbocycles. The van der Waals surface area contributed by atoms with Crippen LogP contribution >= 0.6 is 0 Å². The highest BCUT2D eigenvalue weighted by molar-refractivity contribution is 7.89. The van der Waals surface area contributed by atoms with E-state index in [0.717, 1.165) is 4.31 Å². The SMILES string of the molecule is COC(=O)c1ccc(S(=O)(=O)N2CC(C)(O)C2)c(N)c1. The molecule has 1 saturated heterocycles. The number of esters is 1. The molecule has 0 atom stereocenters. The molecular formula is C12H16N2O5S. The van der Waals surface area contributed by atoms with E-state index in [4.69, 9.17) is 5.73 Å². The topological polar surface area (TPSA) is 110 Å². The summed E-state index contributed by atoms with van der Waals surface area (Å²) in [6, 6.07) is 3.87. The number of carbonyl (C=O) groups is 1. The first-order valence-corrected chi connectivity index (χ1v) is 7.32. The number of hydrogen-bond donors (Lipinski definition) is 2. The van der Waals surface area contributed by atoms with Crippen molar-refractivity contribution >= 4 is 21.7 Å². The van der Waals surface area contributed by atoms with E-state index >= 15 is 0 Å². The van der Waals surface area contributed by atoms with E-state index < -0.39 is 21.6 Å². The number of sulfonamides is 1. The van der Waals surface area contributed by atoms with Gasteiger partial charge in [-0.3, -0.25) is 0 Å². The highest BCUT2D eigenvalue weighted by Gasteiger charge is 2.44. The van der Waals surface area contributed by atoms with E-state index in [9.17, 15) is 18.3 Å². The summed E-state index contributed by atoms with van der Waals surface area (Å²) in [5, 5.41) is 9.61. The van der Waals surface area contributed by atoms with Gasteiger partial charge >= 0.3 is 5.97 Å². The molecule has 110 valence electrons. The van der Waals surface area contributed by atoms with Crippen molar-refractivity contribution in [1.82, 2.24) is 4.31 Å². The molecule has 0 radical (unpaired) electrons. The summed E-state index contributed by atoms with van der Waals surface area (Å²) in [5.74, 6) is -0.590. The third-order valence-electron chi connectivity index (χ3n) is 3.08. The van der Waals surface area contributed by atoms with Crippen LogP contribution in [0.5, 0.6) is 0 Å². The van der Waals surface area contributed by atoms with E-state index in [1.54, 1.807) is 6.92 Å². The van der Waals surface area contributed by atoms with Crippen molar-refractivity contribution in [1.29, 1.82) is 0 Å². The lowest BCUT2D eigenvalue weighted by molar-refractivity contribution is -0.0426. The van der Waals surface area contributed by atoms with Crippen LogP contribution in [-0.4, -0.2) is 49.6 Å². The summed E-state index contributed by atoms with van der Waals surface area (Å²) in [7, 11) is -2.53. The summed E-state index contributed by atoms with van der Waals surface area (Å²) < 4.78 is 30.3. The van der Waals surface area contributed by atoms with Crippen LogP contribution < -0.4 is 5.73 Å². The Balaban J connectivity index is 2.32. The van der Waals surface area contributed by atoms with E-state index in [1.165, 1.54) is 25.3 Å². The van der Waals surface area contributed by atoms with Gasteiger partial charge in [-0.2, -0.15) is 4.31 Å². The third kappa shape index (κ3) is 2.49.